The molecule has 13 heavy (non-hydrogen) atoms. The molecule has 6 heteroatoms. The lowest BCUT2D eigenvalue weighted by molar-refractivity contribution is 1.00. The Labute approximate surface area is 79.2 Å². The number of fused-ring (bicyclic) bond motifs is 1. The zero-order valence-corrected chi connectivity index (χ0v) is 8.14. The third-order valence-electron chi connectivity index (χ3n) is 1.66. The van der Waals surface area contributed by atoms with Crippen molar-refractivity contribution in [3.05, 3.63) is 5.82 Å². The van der Waals surface area contributed by atoms with Gasteiger partial charge in [-0.2, -0.15) is 0 Å². The van der Waals surface area contributed by atoms with Crippen LogP contribution < -0.4 is 5.73 Å². The summed E-state index contributed by atoms with van der Waals surface area (Å²) in [6.07, 6.45) is 1.90. The number of H-pyrrole nitrogens is 1. The van der Waals surface area contributed by atoms with Crippen LogP contribution in [-0.2, 0) is 0 Å². The van der Waals surface area contributed by atoms with Gasteiger partial charge in [0.2, 0.25) is 0 Å². The van der Waals surface area contributed by atoms with E-state index in [0.29, 0.717) is 16.6 Å². The maximum Gasteiger partial charge on any atom is 0.191 e. The van der Waals surface area contributed by atoms with Crippen LogP contribution in [0.1, 0.15) is 5.82 Å². The molecule has 0 atom stereocenters. The number of nitrogens with two attached hydrogens (primary N) is 1. The van der Waals surface area contributed by atoms with Gasteiger partial charge >= 0.3 is 0 Å². The molecule has 0 saturated carbocycles. The van der Waals surface area contributed by atoms with Crippen molar-refractivity contribution >= 4 is 28.7 Å². The van der Waals surface area contributed by atoms with E-state index in [-0.39, 0.29) is 0 Å². The Morgan fingerprint density at radius 3 is 2.77 bits per heavy atom. The maximum absolute atomic E-state index is 5.71. The van der Waals surface area contributed by atoms with Gasteiger partial charge in [-0.1, -0.05) is 11.8 Å². The minimum absolute atomic E-state index is 0.454. The number of anilines is 1. The molecule has 0 aliphatic rings. The molecule has 0 aliphatic carbocycles. The second kappa shape index (κ2) is 2.88. The van der Waals surface area contributed by atoms with Crippen molar-refractivity contribution in [2.45, 2.75) is 12.1 Å². The van der Waals surface area contributed by atoms with Gasteiger partial charge in [0.1, 0.15) is 11.3 Å². The Balaban J connectivity index is 2.75. The summed E-state index contributed by atoms with van der Waals surface area (Å²) in [6.45, 7) is 1.86. The van der Waals surface area contributed by atoms with Gasteiger partial charge in [-0.3, -0.25) is 0 Å². The van der Waals surface area contributed by atoms with Crippen LogP contribution in [0.15, 0.2) is 5.16 Å². The van der Waals surface area contributed by atoms with E-state index in [9.17, 15) is 0 Å². The molecule has 0 aliphatic heterocycles. The van der Waals surface area contributed by atoms with Crippen LogP contribution in [0, 0.1) is 6.92 Å². The van der Waals surface area contributed by atoms with Gasteiger partial charge in [0, 0.05) is 0 Å². The number of hydrogen-bond donors (Lipinski definition) is 2. The Morgan fingerprint density at radius 1 is 1.31 bits per heavy atom. The topological polar surface area (TPSA) is 80.5 Å². The SMILES string of the molecule is CSc1nc(N)c2[nH]c(C)nc2n1. The Kier molecular flexibility index (Phi) is 1.84. The molecule has 0 fully saturated rings. The Morgan fingerprint density at radius 2 is 2.08 bits per heavy atom. The summed E-state index contributed by atoms with van der Waals surface area (Å²) < 4.78 is 0. The van der Waals surface area contributed by atoms with Gasteiger partial charge in [-0.25, -0.2) is 15.0 Å². The second-order valence-electron chi connectivity index (χ2n) is 2.62. The van der Waals surface area contributed by atoms with Crippen molar-refractivity contribution in [3.63, 3.8) is 0 Å². The Bertz CT molecular complexity index is 449. The van der Waals surface area contributed by atoms with Crippen LogP contribution in [0.25, 0.3) is 11.2 Å². The number of aryl methyl sites for hydroxylation is 1. The van der Waals surface area contributed by atoms with Crippen molar-refractivity contribution in [1.29, 1.82) is 0 Å². The first kappa shape index (κ1) is 8.31. The largest absolute Gasteiger partial charge is 0.382 e. The molecule has 0 amide bonds. The molecule has 3 N–H and O–H groups in total. The van der Waals surface area contributed by atoms with Crippen LogP contribution in [-0.4, -0.2) is 26.2 Å². The van der Waals surface area contributed by atoms with Gasteiger partial charge in [-0.15, -0.1) is 0 Å². The van der Waals surface area contributed by atoms with Crippen molar-refractivity contribution in [1.82, 2.24) is 19.9 Å². The Hall–Kier alpha value is -1.30. The van der Waals surface area contributed by atoms with Crippen molar-refractivity contribution < 1.29 is 0 Å². The summed E-state index contributed by atoms with van der Waals surface area (Å²) in [5.41, 5.74) is 7.06. The minimum Gasteiger partial charge on any atom is -0.382 e. The standard InChI is InChI=1S/C7H9N5S/c1-3-9-4-5(8)11-7(13-2)12-6(4)10-3/h1-2H3,(H3,8,9,10,11,12). The van der Waals surface area contributed by atoms with Crippen LogP contribution in [0.3, 0.4) is 0 Å². The molecule has 2 rings (SSSR count). The maximum atomic E-state index is 5.71. The quantitative estimate of drug-likeness (QED) is 0.523. The van der Waals surface area contributed by atoms with E-state index in [2.05, 4.69) is 19.9 Å². The zero-order chi connectivity index (χ0) is 9.42. The molecule has 0 spiro atoms. The van der Waals surface area contributed by atoms with Crippen molar-refractivity contribution in [2.75, 3.05) is 12.0 Å². The predicted octanol–water partition coefficient (Wildman–Crippen LogP) is 0.965. The van der Waals surface area contributed by atoms with Crippen molar-refractivity contribution in [3.8, 4) is 0 Å². The molecular weight excluding hydrogens is 186 g/mol. The van der Waals surface area contributed by atoms with E-state index in [1.54, 1.807) is 0 Å². The number of nitrogens with one attached hydrogen (secondary N) is 1. The monoisotopic (exact) mass is 195 g/mol. The first-order valence-electron chi connectivity index (χ1n) is 3.74. The van der Waals surface area contributed by atoms with Crippen LogP contribution in [0.5, 0.6) is 0 Å². The minimum atomic E-state index is 0.454. The summed E-state index contributed by atoms with van der Waals surface area (Å²) in [6, 6.07) is 0. The summed E-state index contributed by atoms with van der Waals surface area (Å²) in [4.78, 5) is 15.5. The number of nitrogen functional groups attached to an aromatic ring is 1. The number of imidazole rings is 1. The second-order valence-corrected chi connectivity index (χ2v) is 3.39. The smallest absolute Gasteiger partial charge is 0.191 e. The highest BCUT2D eigenvalue weighted by atomic mass is 32.2. The highest BCUT2D eigenvalue weighted by Crippen LogP contribution is 2.18. The molecule has 2 aromatic heterocycles. The summed E-state index contributed by atoms with van der Waals surface area (Å²) in [5, 5.41) is 0.650. The van der Waals surface area contributed by atoms with E-state index in [0.717, 1.165) is 11.3 Å². The zero-order valence-electron chi connectivity index (χ0n) is 7.33. The number of thioether (sulfide) groups is 1. The normalized spacial score (nSPS) is 10.9. The van der Waals surface area contributed by atoms with Crippen LogP contribution in [0.2, 0.25) is 0 Å². The lowest BCUT2D eigenvalue weighted by atomic mass is 10.5. The van der Waals surface area contributed by atoms with Crippen molar-refractivity contribution in [2.24, 2.45) is 0 Å². The highest BCUT2D eigenvalue weighted by Gasteiger charge is 2.07. The molecule has 5 nitrogen and oxygen atoms in total. The molecule has 0 radical (unpaired) electrons. The van der Waals surface area contributed by atoms with E-state index in [1.807, 2.05) is 13.2 Å². The van der Waals surface area contributed by atoms with Crippen LogP contribution >= 0.6 is 11.8 Å². The predicted molar refractivity (Wildman–Crippen MR) is 52.6 cm³/mol. The molecule has 0 saturated heterocycles. The molecule has 0 aromatic carbocycles. The van der Waals surface area contributed by atoms with E-state index >= 15 is 0 Å². The lowest BCUT2D eigenvalue weighted by Crippen LogP contribution is -1.95. The van der Waals surface area contributed by atoms with Gasteiger partial charge in [0.25, 0.3) is 0 Å². The summed E-state index contributed by atoms with van der Waals surface area (Å²) in [7, 11) is 0. The molecule has 0 unspecified atom stereocenters. The fraction of sp³-hybridized carbons (Fsp3) is 0.286. The third-order valence-corrected chi connectivity index (χ3v) is 2.21. The van der Waals surface area contributed by atoms with Gasteiger partial charge in [-0.05, 0) is 13.2 Å². The molecule has 0 bridgehead atoms. The number of aromatic amines is 1. The highest BCUT2D eigenvalue weighted by molar-refractivity contribution is 7.98. The van der Waals surface area contributed by atoms with Gasteiger partial charge in [0.05, 0.1) is 0 Å². The van der Waals surface area contributed by atoms with Gasteiger partial charge < -0.3 is 10.7 Å². The molecular formula is C7H9N5S. The summed E-state index contributed by atoms with van der Waals surface area (Å²) >= 11 is 1.45. The molecule has 68 valence electrons. The number of rotatable bonds is 1. The number of hydrogen-bond acceptors (Lipinski definition) is 5. The molecule has 2 aromatic rings. The average molecular weight is 195 g/mol. The molecule has 2 heterocycles. The average Bonchev–Trinajstić information content (AvgIpc) is 2.46. The summed E-state index contributed by atoms with van der Waals surface area (Å²) in [5.74, 6) is 1.25. The first-order chi connectivity index (χ1) is 6.20. The number of aromatic nitrogens is 4. The van der Waals surface area contributed by atoms with Gasteiger partial charge in [0.15, 0.2) is 16.6 Å². The fourth-order valence-corrected chi connectivity index (χ4v) is 1.47. The van der Waals surface area contributed by atoms with Crippen LogP contribution in [0.4, 0.5) is 5.82 Å². The van der Waals surface area contributed by atoms with E-state index in [1.165, 1.54) is 11.8 Å². The fourth-order valence-electron chi connectivity index (χ4n) is 1.10. The number of nitrogens with zero attached hydrogens (tertiary/aromatic N) is 3. The first-order valence-corrected chi connectivity index (χ1v) is 4.97. The van der Waals surface area contributed by atoms with E-state index in [4.69, 9.17) is 5.73 Å². The van der Waals surface area contributed by atoms with E-state index < -0.39 is 0 Å². The lowest BCUT2D eigenvalue weighted by Gasteiger charge is -1.96. The third kappa shape index (κ3) is 1.33.